The van der Waals surface area contributed by atoms with Crippen LogP contribution in [0.4, 0.5) is 8.78 Å². The van der Waals surface area contributed by atoms with Gasteiger partial charge in [-0.25, -0.2) is 8.78 Å². The van der Waals surface area contributed by atoms with Crippen LogP contribution in [0.3, 0.4) is 0 Å². The summed E-state index contributed by atoms with van der Waals surface area (Å²) in [6.07, 6.45) is 2.96. The van der Waals surface area contributed by atoms with Crippen molar-refractivity contribution in [2.75, 3.05) is 7.11 Å². The van der Waals surface area contributed by atoms with Crippen molar-refractivity contribution in [2.24, 2.45) is 0 Å². The van der Waals surface area contributed by atoms with Crippen LogP contribution in [0.1, 0.15) is 0 Å². The highest BCUT2D eigenvalue weighted by atomic mass is 19.1. The molecule has 1 aromatic carbocycles. The maximum atomic E-state index is 13.5. The fraction of sp³-hybridized carbons (Fsp3) is 0.0833. The number of hydrogen-bond donors (Lipinski definition) is 0. The van der Waals surface area contributed by atoms with Gasteiger partial charge in [0, 0.05) is 17.3 Å². The van der Waals surface area contributed by atoms with Gasteiger partial charge in [-0.3, -0.25) is 4.98 Å². The average molecular weight is 221 g/mol. The van der Waals surface area contributed by atoms with Crippen LogP contribution in [0.25, 0.3) is 11.1 Å². The summed E-state index contributed by atoms with van der Waals surface area (Å²) in [5.41, 5.74) is 0.655. The maximum absolute atomic E-state index is 13.5. The van der Waals surface area contributed by atoms with E-state index in [2.05, 4.69) is 4.98 Å². The van der Waals surface area contributed by atoms with Gasteiger partial charge in [0.05, 0.1) is 13.3 Å². The molecule has 2 aromatic rings. The molecule has 0 saturated carbocycles. The van der Waals surface area contributed by atoms with Crippen LogP contribution >= 0.6 is 0 Å². The Kier molecular flexibility index (Phi) is 2.81. The second kappa shape index (κ2) is 4.26. The van der Waals surface area contributed by atoms with Crippen molar-refractivity contribution >= 4 is 0 Å². The molecule has 0 aliphatic carbocycles. The van der Waals surface area contributed by atoms with Gasteiger partial charge in [0.15, 0.2) is 0 Å². The van der Waals surface area contributed by atoms with Crippen molar-refractivity contribution in [1.82, 2.24) is 4.98 Å². The third-order valence-corrected chi connectivity index (χ3v) is 2.19. The molecule has 16 heavy (non-hydrogen) atoms. The van der Waals surface area contributed by atoms with E-state index in [-0.39, 0.29) is 5.56 Å². The lowest BCUT2D eigenvalue weighted by Crippen LogP contribution is -1.89. The Balaban J connectivity index is 2.53. The molecule has 4 heteroatoms. The SMILES string of the molecule is COc1cncc(-c2cc(F)ccc2F)c1. The van der Waals surface area contributed by atoms with Gasteiger partial charge in [0.25, 0.3) is 0 Å². The summed E-state index contributed by atoms with van der Waals surface area (Å²) >= 11 is 0. The molecule has 1 heterocycles. The number of pyridine rings is 1. The van der Waals surface area contributed by atoms with Gasteiger partial charge in [0.2, 0.25) is 0 Å². The van der Waals surface area contributed by atoms with Gasteiger partial charge in [-0.15, -0.1) is 0 Å². The van der Waals surface area contributed by atoms with Crippen LogP contribution in [0.15, 0.2) is 36.7 Å². The number of hydrogen-bond acceptors (Lipinski definition) is 2. The summed E-state index contributed by atoms with van der Waals surface area (Å²) in [7, 11) is 1.49. The molecule has 0 aliphatic rings. The number of rotatable bonds is 2. The van der Waals surface area contributed by atoms with E-state index >= 15 is 0 Å². The number of aromatic nitrogens is 1. The Labute approximate surface area is 91.5 Å². The van der Waals surface area contributed by atoms with Gasteiger partial charge in [0.1, 0.15) is 17.4 Å². The summed E-state index contributed by atoms with van der Waals surface area (Å²) < 4.78 is 31.4. The third kappa shape index (κ3) is 2.00. The fourth-order valence-electron chi connectivity index (χ4n) is 1.40. The number of benzene rings is 1. The normalized spacial score (nSPS) is 10.2. The highest BCUT2D eigenvalue weighted by molar-refractivity contribution is 5.64. The Morgan fingerprint density at radius 3 is 2.69 bits per heavy atom. The minimum absolute atomic E-state index is 0.173. The van der Waals surface area contributed by atoms with Crippen LogP contribution in [-0.2, 0) is 0 Å². The van der Waals surface area contributed by atoms with E-state index in [0.29, 0.717) is 11.3 Å². The standard InChI is InChI=1S/C12H9F2NO/c1-16-10-4-8(6-15-7-10)11-5-9(13)2-3-12(11)14/h2-7H,1H3. The second-order valence-corrected chi connectivity index (χ2v) is 3.24. The first-order chi connectivity index (χ1) is 7.70. The second-order valence-electron chi connectivity index (χ2n) is 3.24. The minimum Gasteiger partial charge on any atom is -0.495 e. The number of methoxy groups -OCH3 is 1. The predicted octanol–water partition coefficient (Wildman–Crippen LogP) is 3.04. The van der Waals surface area contributed by atoms with Crippen molar-refractivity contribution in [2.45, 2.75) is 0 Å². The van der Waals surface area contributed by atoms with Gasteiger partial charge >= 0.3 is 0 Å². The van der Waals surface area contributed by atoms with Gasteiger partial charge < -0.3 is 4.74 Å². The fourth-order valence-corrected chi connectivity index (χ4v) is 1.40. The summed E-state index contributed by atoms with van der Waals surface area (Å²) in [4.78, 5) is 3.89. The molecule has 0 atom stereocenters. The first-order valence-electron chi connectivity index (χ1n) is 4.65. The Bertz CT molecular complexity index is 514. The third-order valence-electron chi connectivity index (χ3n) is 2.19. The first-order valence-corrected chi connectivity index (χ1v) is 4.65. The van der Waals surface area contributed by atoms with E-state index in [0.717, 1.165) is 18.2 Å². The molecular weight excluding hydrogens is 212 g/mol. The molecule has 0 amide bonds. The smallest absolute Gasteiger partial charge is 0.137 e. The van der Waals surface area contributed by atoms with Gasteiger partial charge in [-0.05, 0) is 24.3 Å². The Hall–Kier alpha value is -1.97. The van der Waals surface area contributed by atoms with E-state index in [1.165, 1.54) is 19.5 Å². The molecular formula is C12H9F2NO. The molecule has 0 saturated heterocycles. The lowest BCUT2D eigenvalue weighted by molar-refractivity contribution is 0.413. The summed E-state index contributed by atoms with van der Waals surface area (Å²) in [6.45, 7) is 0. The molecule has 0 unspecified atom stereocenters. The van der Waals surface area contributed by atoms with Crippen molar-refractivity contribution in [3.05, 3.63) is 48.3 Å². The molecule has 82 valence electrons. The zero-order valence-electron chi connectivity index (χ0n) is 8.58. The maximum Gasteiger partial charge on any atom is 0.137 e. The molecule has 0 radical (unpaired) electrons. The van der Waals surface area contributed by atoms with Crippen molar-refractivity contribution in [3.63, 3.8) is 0 Å². The molecule has 2 rings (SSSR count). The van der Waals surface area contributed by atoms with Crippen LogP contribution < -0.4 is 4.74 Å². The van der Waals surface area contributed by atoms with E-state index < -0.39 is 11.6 Å². The molecule has 0 bridgehead atoms. The van der Waals surface area contributed by atoms with Crippen LogP contribution in [0.5, 0.6) is 5.75 Å². The molecule has 0 aliphatic heterocycles. The van der Waals surface area contributed by atoms with Crippen LogP contribution in [0.2, 0.25) is 0 Å². The average Bonchev–Trinajstić information content (AvgIpc) is 2.32. The monoisotopic (exact) mass is 221 g/mol. The number of ether oxygens (including phenoxy) is 1. The van der Waals surface area contributed by atoms with Gasteiger partial charge in [-0.1, -0.05) is 0 Å². The summed E-state index contributed by atoms with van der Waals surface area (Å²) in [5.74, 6) is -0.475. The highest BCUT2D eigenvalue weighted by Crippen LogP contribution is 2.25. The van der Waals surface area contributed by atoms with E-state index in [1.54, 1.807) is 6.07 Å². The van der Waals surface area contributed by atoms with Crippen LogP contribution in [-0.4, -0.2) is 12.1 Å². The topological polar surface area (TPSA) is 22.1 Å². The lowest BCUT2D eigenvalue weighted by atomic mass is 10.1. The summed E-state index contributed by atoms with van der Waals surface area (Å²) in [6, 6.07) is 4.90. The zero-order chi connectivity index (χ0) is 11.5. The highest BCUT2D eigenvalue weighted by Gasteiger charge is 2.07. The Morgan fingerprint density at radius 1 is 1.12 bits per heavy atom. The van der Waals surface area contributed by atoms with Crippen molar-refractivity contribution in [3.8, 4) is 16.9 Å². The van der Waals surface area contributed by atoms with Gasteiger partial charge in [-0.2, -0.15) is 0 Å². The number of halogens is 2. The lowest BCUT2D eigenvalue weighted by Gasteiger charge is -2.05. The first kappa shape index (κ1) is 10.5. The van der Waals surface area contributed by atoms with Crippen LogP contribution in [0, 0.1) is 11.6 Å². The number of nitrogens with zero attached hydrogens (tertiary/aromatic N) is 1. The summed E-state index contributed by atoms with van der Waals surface area (Å²) in [5, 5.41) is 0. The quantitative estimate of drug-likeness (QED) is 0.777. The predicted molar refractivity (Wildman–Crippen MR) is 56.1 cm³/mol. The minimum atomic E-state index is -0.489. The Morgan fingerprint density at radius 2 is 1.94 bits per heavy atom. The molecule has 0 fully saturated rings. The molecule has 2 nitrogen and oxygen atoms in total. The molecule has 1 aromatic heterocycles. The van der Waals surface area contributed by atoms with E-state index in [1.807, 2.05) is 0 Å². The molecule has 0 N–H and O–H groups in total. The van der Waals surface area contributed by atoms with E-state index in [9.17, 15) is 8.78 Å². The van der Waals surface area contributed by atoms with E-state index in [4.69, 9.17) is 4.74 Å². The largest absolute Gasteiger partial charge is 0.495 e. The zero-order valence-corrected chi connectivity index (χ0v) is 8.58. The van der Waals surface area contributed by atoms with Crippen molar-refractivity contribution in [1.29, 1.82) is 0 Å². The van der Waals surface area contributed by atoms with Crippen molar-refractivity contribution < 1.29 is 13.5 Å². The molecule has 0 spiro atoms.